The van der Waals surface area contributed by atoms with Crippen molar-refractivity contribution in [1.29, 1.82) is 0 Å². The highest BCUT2D eigenvalue weighted by Gasteiger charge is 2.31. The normalized spacial score (nSPS) is 12.3. The second-order valence-electron chi connectivity index (χ2n) is 5.06. The number of nitrogens with zero attached hydrogens (tertiary/aromatic N) is 3. The summed E-state index contributed by atoms with van der Waals surface area (Å²) < 4.78 is 39.7. The number of aromatic nitrogens is 2. The van der Waals surface area contributed by atoms with Gasteiger partial charge in [0.05, 0.1) is 11.4 Å². The predicted molar refractivity (Wildman–Crippen MR) is 79.6 cm³/mol. The van der Waals surface area contributed by atoms with Gasteiger partial charge in [0, 0.05) is 38.5 Å². The van der Waals surface area contributed by atoms with Crippen LogP contribution >= 0.6 is 11.3 Å². The molecule has 0 unspecified atom stereocenters. The second kappa shape index (κ2) is 7.26. The average molecular weight is 333 g/mol. The van der Waals surface area contributed by atoms with Gasteiger partial charge in [-0.05, 0) is 17.9 Å². The molecule has 2 rings (SSSR count). The number of thiophene rings is 1. The number of aliphatic hydroxyl groups excluding tert-OH is 1. The highest BCUT2D eigenvalue weighted by molar-refractivity contribution is 7.13. The lowest BCUT2D eigenvalue weighted by molar-refractivity contribution is -0.147. The fourth-order valence-electron chi connectivity index (χ4n) is 2.28. The van der Waals surface area contributed by atoms with Crippen LogP contribution in [0.2, 0.25) is 0 Å². The topological polar surface area (TPSA) is 41.3 Å². The van der Waals surface area contributed by atoms with E-state index in [9.17, 15) is 13.2 Å². The highest BCUT2D eigenvalue weighted by atomic mass is 32.1. The zero-order chi connectivity index (χ0) is 16.2. The summed E-state index contributed by atoms with van der Waals surface area (Å²) in [4.78, 5) is 2.23. The van der Waals surface area contributed by atoms with Gasteiger partial charge in [0.2, 0.25) is 0 Å². The first kappa shape index (κ1) is 17.0. The fraction of sp³-hybridized carbons (Fsp3) is 0.500. The van der Waals surface area contributed by atoms with E-state index in [1.165, 1.54) is 16.2 Å². The number of hydrogen-bond donors (Lipinski definition) is 1. The van der Waals surface area contributed by atoms with Crippen LogP contribution in [0.5, 0.6) is 0 Å². The Labute approximate surface area is 130 Å². The van der Waals surface area contributed by atoms with Crippen molar-refractivity contribution < 1.29 is 18.3 Å². The van der Waals surface area contributed by atoms with Crippen molar-refractivity contribution in [3.63, 3.8) is 0 Å². The van der Waals surface area contributed by atoms with E-state index in [0.717, 1.165) is 10.4 Å². The molecule has 0 saturated carbocycles. The van der Waals surface area contributed by atoms with Crippen molar-refractivity contribution in [2.45, 2.75) is 19.1 Å². The van der Waals surface area contributed by atoms with Gasteiger partial charge in [0.25, 0.3) is 0 Å². The van der Waals surface area contributed by atoms with E-state index in [-0.39, 0.29) is 19.7 Å². The first-order valence-electron chi connectivity index (χ1n) is 6.85. The Bertz CT molecular complexity index is 581. The second-order valence-corrected chi connectivity index (χ2v) is 6.00. The third-order valence-corrected chi connectivity index (χ3v) is 3.97. The van der Waals surface area contributed by atoms with Gasteiger partial charge in [-0.2, -0.15) is 18.3 Å². The molecule has 22 heavy (non-hydrogen) atoms. The Morgan fingerprint density at radius 1 is 1.41 bits per heavy atom. The van der Waals surface area contributed by atoms with Crippen molar-refractivity contribution in [2.24, 2.45) is 7.05 Å². The fourth-order valence-corrected chi connectivity index (χ4v) is 3.02. The van der Waals surface area contributed by atoms with E-state index in [0.29, 0.717) is 12.1 Å². The van der Waals surface area contributed by atoms with Crippen LogP contribution in [0, 0.1) is 0 Å². The lowest BCUT2D eigenvalue weighted by Crippen LogP contribution is -2.34. The van der Waals surface area contributed by atoms with Crippen LogP contribution in [0.15, 0.2) is 23.7 Å². The van der Waals surface area contributed by atoms with Crippen molar-refractivity contribution in [1.82, 2.24) is 14.7 Å². The smallest absolute Gasteiger partial charge is 0.396 e. The van der Waals surface area contributed by atoms with Crippen LogP contribution in [-0.4, -0.2) is 45.7 Å². The van der Waals surface area contributed by atoms with Crippen LogP contribution in [0.4, 0.5) is 13.2 Å². The van der Waals surface area contributed by atoms with E-state index in [2.05, 4.69) is 5.10 Å². The molecule has 1 N–H and O–H groups in total. The van der Waals surface area contributed by atoms with Gasteiger partial charge >= 0.3 is 6.18 Å². The minimum Gasteiger partial charge on any atom is -0.396 e. The molecule has 0 aromatic carbocycles. The molecule has 0 aliphatic rings. The van der Waals surface area contributed by atoms with Gasteiger partial charge < -0.3 is 5.11 Å². The zero-order valence-corrected chi connectivity index (χ0v) is 13.0. The minimum atomic E-state index is -4.26. The zero-order valence-electron chi connectivity index (χ0n) is 12.2. The predicted octanol–water partition coefficient (Wildman–Crippen LogP) is 2.90. The van der Waals surface area contributed by atoms with E-state index in [4.69, 9.17) is 5.11 Å². The summed E-state index contributed by atoms with van der Waals surface area (Å²) in [5.41, 5.74) is 1.47. The highest BCUT2D eigenvalue weighted by Crippen LogP contribution is 2.28. The van der Waals surface area contributed by atoms with Crippen LogP contribution in [0.1, 0.15) is 12.0 Å². The standard InChI is InChI=1S/C14H18F3N3OS/c1-19-8-11(13(18-19)12-4-2-7-22-12)9-20(5-3-6-21)10-14(15,16)17/h2,4,7-8,21H,3,5-6,9-10H2,1H3. The Balaban J connectivity index is 2.18. The average Bonchev–Trinajstić information content (AvgIpc) is 3.03. The summed E-state index contributed by atoms with van der Waals surface area (Å²) in [6.45, 7) is -0.777. The summed E-state index contributed by atoms with van der Waals surface area (Å²) in [7, 11) is 1.75. The van der Waals surface area contributed by atoms with Gasteiger partial charge in [-0.3, -0.25) is 9.58 Å². The molecule has 0 fully saturated rings. The molecule has 0 spiro atoms. The third kappa shape index (κ3) is 4.82. The van der Waals surface area contributed by atoms with Gasteiger partial charge in [0.1, 0.15) is 5.69 Å². The Hall–Kier alpha value is -1.38. The number of rotatable bonds is 7. The molecule has 8 heteroatoms. The SMILES string of the molecule is Cn1cc(CN(CCCO)CC(F)(F)F)c(-c2cccs2)n1. The molecule has 2 heterocycles. The lowest BCUT2D eigenvalue weighted by Gasteiger charge is -2.23. The molecule has 0 radical (unpaired) electrons. The van der Waals surface area contributed by atoms with Crippen LogP contribution in [0.25, 0.3) is 10.6 Å². The quantitative estimate of drug-likeness (QED) is 0.847. The summed E-state index contributed by atoms with van der Waals surface area (Å²) in [5, 5.41) is 15.1. The maximum absolute atomic E-state index is 12.7. The molecule has 0 bridgehead atoms. The van der Waals surface area contributed by atoms with E-state index < -0.39 is 12.7 Å². The Kier molecular flexibility index (Phi) is 5.60. The first-order chi connectivity index (χ1) is 10.4. The van der Waals surface area contributed by atoms with Gasteiger partial charge in [-0.15, -0.1) is 11.3 Å². The maximum atomic E-state index is 12.7. The van der Waals surface area contributed by atoms with Crippen molar-refractivity contribution in [3.05, 3.63) is 29.3 Å². The third-order valence-electron chi connectivity index (χ3n) is 3.09. The van der Waals surface area contributed by atoms with Crippen LogP contribution in [0.3, 0.4) is 0 Å². The molecule has 122 valence electrons. The number of halogens is 3. The summed E-state index contributed by atoms with van der Waals surface area (Å²) in [6.07, 6.45) is -2.21. The maximum Gasteiger partial charge on any atom is 0.401 e. The Morgan fingerprint density at radius 3 is 2.77 bits per heavy atom. The first-order valence-corrected chi connectivity index (χ1v) is 7.73. The van der Waals surface area contributed by atoms with Gasteiger partial charge in [-0.25, -0.2) is 0 Å². The molecule has 2 aromatic heterocycles. The number of hydrogen-bond acceptors (Lipinski definition) is 4. The molecular formula is C14H18F3N3OS. The van der Waals surface area contributed by atoms with Crippen molar-refractivity contribution in [3.8, 4) is 10.6 Å². The molecule has 4 nitrogen and oxygen atoms in total. The van der Waals surface area contributed by atoms with Gasteiger partial charge in [0.15, 0.2) is 0 Å². The van der Waals surface area contributed by atoms with Crippen molar-refractivity contribution in [2.75, 3.05) is 19.7 Å². The van der Waals surface area contributed by atoms with Crippen LogP contribution < -0.4 is 0 Å². The number of aliphatic hydroxyl groups is 1. The number of aryl methyl sites for hydroxylation is 1. The number of alkyl halides is 3. The Morgan fingerprint density at radius 2 is 2.18 bits per heavy atom. The molecule has 0 aliphatic heterocycles. The molecule has 2 aromatic rings. The molecule has 0 amide bonds. The molecule has 0 aliphatic carbocycles. The largest absolute Gasteiger partial charge is 0.401 e. The lowest BCUT2D eigenvalue weighted by atomic mass is 10.2. The van der Waals surface area contributed by atoms with E-state index in [1.54, 1.807) is 17.9 Å². The summed E-state index contributed by atoms with van der Waals surface area (Å²) in [5.74, 6) is 0. The monoisotopic (exact) mass is 333 g/mol. The van der Waals surface area contributed by atoms with Gasteiger partial charge in [-0.1, -0.05) is 6.07 Å². The molecule has 0 saturated heterocycles. The summed E-state index contributed by atoms with van der Waals surface area (Å²) in [6, 6.07) is 3.79. The van der Waals surface area contributed by atoms with E-state index >= 15 is 0 Å². The van der Waals surface area contributed by atoms with E-state index in [1.807, 2.05) is 17.5 Å². The van der Waals surface area contributed by atoms with Crippen LogP contribution in [-0.2, 0) is 13.6 Å². The minimum absolute atomic E-state index is 0.126. The molecular weight excluding hydrogens is 315 g/mol. The van der Waals surface area contributed by atoms with Crippen molar-refractivity contribution >= 4 is 11.3 Å². The summed E-state index contributed by atoms with van der Waals surface area (Å²) >= 11 is 1.51. The molecule has 0 atom stereocenters.